The second-order valence-corrected chi connectivity index (χ2v) is 23.3. The molecule has 3 N–H and O–H groups in total. The Morgan fingerprint density at radius 2 is 1.58 bits per heavy atom. The number of allylic oxidation sites excluding steroid dienone is 4. The van der Waals surface area contributed by atoms with Crippen molar-refractivity contribution in [1.82, 2.24) is 14.8 Å². The fourth-order valence-corrected chi connectivity index (χ4v) is 15.6. The highest BCUT2D eigenvalue weighted by molar-refractivity contribution is 5.96. The summed E-state index contributed by atoms with van der Waals surface area (Å²) in [4.78, 5) is 68.4. The zero-order valence-electron chi connectivity index (χ0n) is 46.8. The number of methoxy groups -OCH3 is 2. The highest BCUT2D eigenvalue weighted by atomic mass is 16.6. The van der Waals surface area contributed by atoms with Gasteiger partial charge in [0.25, 0.3) is 0 Å². The highest BCUT2D eigenvalue weighted by Gasteiger charge is 2.81. The maximum Gasteiger partial charge on any atom is 0.344 e. The molecule has 2 unspecified atom stereocenters. The third-order valence-electron chi connectivity index (χ3n) is 18.9. The Morgan fingerprint density at radius 1 is 0.844 bits per heavy atom. The standard InChI is InChI=1S/C63H86N4O10/c1-7-10-11-12-13-14-15-16-17-18-19-20-21-22-23-26-36-76-58(71)63(73)55-61(32-35-66-33-27-31-60(9-3,54(61)66)56(63)77-44(4)69)48-37-49(52(74-5)38-51(48)67(55)43-68)62(57(70)75-6)40-45-39-59(72,8-2)42-65(41-45)34-30-47-46-28-24-25-29-50(46)64-53(47)62/h13-14,16-17,24-25,27-29,31,37-38,43,45,54-56,64,72-73H,7-12,15,18-23,26,30,32-36,39-42H2,1-6H3/t45?,54-,55+,56+,59-,60+,61+,62-,63-/m0/s1. The summed E-state index contributed by atoms with van der Waals surface area (Å²) in [5, 5.41) is 27.0. The molecule has 0 radical (unpaired) electrons. The van der Waals surface area contributed by atoms with E-state index < -0.39 is 63.5 Å². The molecule has 1 saturated carbocycles. The number of piperidine rings is 1. The molecule has 5 aliphatic heterocycles. The number of unbranched alkanes of at least 4 members (excludes halogenated alkanes) is 9. The van der Waals surface area contributed by atoms with Crippen molar-refractivity contribution in [2.75, 3.05) is 58.5 Å². The molecule has 10 atom stereocenters. The summed E-state index contributed by atoms with van der Waals surface area (Å²) in [5.74, 6) is -1.96. The van der Waals surface area contributed by atoms with E-state index in [9.17, 15) is 19.8 Å². The summed E-state index contributed by atoms with van der Waals surface area (Å²) in [6.45, 7) is 10.5. The van der Waals surface area contributed by atoms with E-state index in [1.807, 2.05) is 50.3 Å². The molecule has 14 nitrogen and oxygen atoms in total. The van der Waals surface area contributed by atoms with Crippen LogP contribution in [0.5, 0.6) is 5.75 Å². The Morgan fingerprint density at radius 3 is 2.29 bits per heavy atom. The first-order chi connectivity index (χ1) is 37.3. The van der Waals surface area contributed by atoms with Crippen molar-refractivity contribution in [3.8, 4) is 5.75 Å². The minimum absolute atomic E-state index is 0.0408. The molecule has 14 heteroatoms. The Labute approximate surface area is 456 Å². The molecule has 1 aromatic heterocycles. The van der Waals surface area contributed by atoms with Crippen LogP contribution in [-0.4, -0.2) is 132 Å². The van der Waals surface area contributed by atoms with Crippen molar-refractivity contribution in [2.45, 2.75) is 183 Å². The van der Waals surface area contributed by atoms with Gasteiger partial charge in [-0.2, -0.15) is 0 Å². The SMILES string of the molecule is CCCCCC=CCC=CCCCCCCCCOC(=O)[C@@]1(O)[C@H](OC(C)=O)[C@]2(CC)C=CCN3CC[C@@]4(c5cc([C@@]6(C(=O)OC)CC7CN(CCc8c6[nH]c6ccccc86)C[C@](O)(CC)C7)c(OC)cc5N(C=O)[C@@H]14)[C@@H]32. The summed E-state index contributed by atoms with van der Waals surface area (Å²) in [5.41, 5.74) is -3.18. The third-order valence-corrected chi connectivity index (χ3v) is 18.9. The van der Waals surface area contributed by atoms with E-state index in [2.05, 4.69) is 52.1 Å². The van der Waals surface area contributed by atoms with Crippen molar-refractivity contribution in [1.29, 1.82) is 0 Å². The minimum Gasteiger partial charge on any atom is -0.496 e. The number of carbonyl (C=O) groups excluding carboxylic acids is 4. The average molecular weight is 1060 g/mol. The third kappa shape index (κ3) is 9.89. The van der Waals surface area contributed by atoms with Crippen molar-refractivity contribution in [3.05, 3.63) is 95.2 Å². The van der Waals surface area contributed by atoms with Gasteiger partial charge in [0.15, 0.2) is 6.10 Å². The van der Waals surface area contributed by atoms with Gasteiger partial charge in [-0.3, -0.25) is 24.2 Å². The summed E-state index contributed by atoms with van der Waals surface area (Å²) in [6.07, 6.45) is 27.6. The number of esters is 3. The molecule has 6 heterocycles. The summed E-state index contributed by atoms with van der Waals surface area (Å²) < 4.78 is 24.9. The van der Waals surface area contributed by atoms with Gasteiger partial charge in [-0.15, -0.1) is 0 Å². The molecule has 1 aliphatic carbocycles. The predicted molar refractivity (Wildman–Crippen MR) is 299 cm³/mol. The van der Waals surface area contributed by atoms with Crippen molar-refractivity contribution in [3.63, 3.8) is 0 Å². The summed E-state index contributed by atoms with van der Waals surface area (Å²) in [7, 11) is 2.96. The number of H-pyrrole nitrogens is 1. The number of aliphatic hydroxyl groups is 2. The van der Waals surface area contributed by atoms with Crippen LogP contribution in [0.15, 0.2) is 72.9 Å². The van der Waals surface area contributed by atoms with Gasteiger partial charge in [0.05, 0.1) is 38.2 Å². The predicted octanol–water partition coefficient (Wildman–Crippen LogP) is 9.70. The quantitative estimate of drug-likeness (QED) is 0.0271. The number of hydrogen-bond acceptors (Lipinski definition) is 12. The lowest BCUT2D eigenvalue weighted by atomic mass is 9.47. The van der Waals surface area contributed by atoms with Gasteiger partial charge < -0.3 is 39.0 Å². The lowest BCUT2D eigenvalue weighted by Gasteiger charge is -2.63. The van der Waals surface area contributed by atoms with Crippen molar-refractivity contribution < 1.29 is 48.3 Å². The van der Waals surface area contributed by atoms with Gasteiger partial charge in [-0.05, 0) is 113 Å². The lowest BCUT2D eigenvalue weighted by molar-refractivity contribution is -0.230. The van der Waals surface area contributed by atoms with Crippen LogP contribution in [0.1, 0.15) is 159 Å². The normalized spacial score (nSPS) is 31.3. The van der Waals surface area contributed by atoms with Crippen LogP contribution in [0.25, 0.3) is 10.9 Å². The topological polar surface area (TPSA) is 171 Å². The number of anilines is 1. The number of benzene rings is 2. The van der Waals surface area contributed by atoms with Gasteiger partial charge >= 0.3 is 17.9 Å². The minimum atomic E-state index is -2.56. The monoisotopic (exact) mass is 1060 g/mol. The smallest absolute Gasteiger partial charge is 0.344 e. The van der Waals surface area contributed by atoms with E-state index in [4.69, 9.17) is 18.9 Å². The number of rotatable bonds is 23. The van der Waals surface area contributed by atoms with Gasteiger partial charge in [0, 0.05) is 78.2 Å². The summed E-state index contributed by atoms with van der Waals surface area (Å²) >= 11 is 0. The molecule has 2 bridgehead atoms. The van der Waals surface area contributed by atoms with Gasteiger partial charge in [-0.1, -0.05) is 114 Å². The molecule has 3 aromatic rings. The van der Waals surface area contributed by atoms with E-state index in [1.165, 1.54) is 38.2 Å². The van der Waals surface area contributed by atoms with Crippen LogP contribution in [0.2, 0.25) is 0 Å². The molecule has 1 spiro atoms. The first-order valence-electron chi connectivity index (χ1n) is 29.1. The maximum absolute atomic E-state index is 15.6. The molecular weight excluding hydrogens is 973 g/mol. The van der Waals surface area contributed by atoms with Gasteiger partial charge in [0.2, 0.25) is 12.0 Å². The lowest BCUT2D eigenvalue weighted by Crippen LogP contribution is -2.81. The van der Waals surface area contributed by atoms with Gasteiger partial charge in [0.1, 0.15) is 11.2 Å². The molecule has 3 fully saturated rings. The van der Waals surface area contributed by atoms with Gasteiger partial charge in [-0.25, -0.2) is 4.79 Å². The Balaban J connectivity index is 1.09. The van der Waals surface area contributed by atoms with E-state index >= 15 is 9.59 Å². The summed E-state index contributed by atoms with van der Waals surface area (Å²) in [6, 6.07) is 10.1. The fraction of sp³-hybridized carbons (Fsp3) is 0.619. The van der Waals surface area contributed by atoms with Crippen LogP contribution in [0, 0.1) is 11.3 Å². The van der Waals surface area contributed by atoms with Crippen LogP contribution >= 0.6 is 0 Å². The number of fused-ring (bicyclic) bond motifs is 6. The number of nitrogens with zero attached hydrogens (tertiary/aromatic N) is 3. The largest absolute Gasteiger partial charge is 0.496 e. The van der Waals surface area contributed by atoms with E-state index in [0.717, 1.165) is 67.8 Å². The van der Waals surface area contributed by atoms with Crippen LogP contribution in [0.3, 0.4) is 0 Å². The second-order valence-electron chi connectivity index (χ2n) is 23.3. The Hall–Kier alpha value is -5.28. The van der Waals surface area contributed by atoms with Crippen molar-refractivity contribution >= 4 is 40.9 Å². The molecule has 77 heavy (non-hydrogen) atoms. The number of aromatic amines is 1. The van der Waals surface area contributed by atoms with E-state index in [-0.39, 0.29) is 18.9 Å². The molecule has 6 aliphatic rings. The molecule has 418 valence electrons. The number of ether oxygens (including phenoxy) is 4. The van der Waals surface area contributed by atoms with Crippen LogP contribution in [0.4, 0.5) is 5.69 Å². The number of aromatic nitrogens is 1. The second kappa shape index (κ2) is 23.6. The number of nitrogens with one attached hydrogen (secondary N) is 1. The molecular formula is C63H86N4O10. The number of para-hydroxylation sites is 1. The Kier molecular flexibility index (Phi) is 17.3. The molecule has 1 amide bonds. The van der Waals surface area contributed by atoms with Crippen LogP contribution < -0.4 is 9.64 Å². The number of hydrogen-bond donors (Lipinski definition) is 3. The maximum atomic E-state index is 15.6. The zero-order chi connectivity index (χ0) is 54.6. The molecule has 2 aromatic carbocycles. The van der Waals surface area contributed by atoms with E-state index in [0.29, 0.717) is 106 Å². The van der Waals surface area contributed by atoms with Crippen LogP contribution in [-0.2, 0) is 50.6 Å². The number of carbonyl (C=O) groups is 4. The number of amides is 1. The van der Waals surface area contributed by atoms with Crippen molar-refractivity contribution in [2.24, 2.45) is 11.3 Å². The molecule has 9 rings (SSSR count). The molecule has 2 saturated heterocycles. The highest BCUT2D eigenvalue weighted by Crippen LogP contribution is 2.68. The first-order valence-corrected chi connectivity index (χ1v) is 29.1. The first kappa shape index (κ1) is 56.4. The zero-order valence-corrected chi connectivity index (χ0v) is 46.8. The Bertz CT molecular complexity index is 2720. The average Bonchev–Trinajstić information content (AvgIpc) is 3.83. The van der Waals surface area contributed by atoms with E-state index in [1.54, 1.807) is 13.2 Å². The fourth-order valence-electron chi connectivity index (χ4n) is 15.6.